The molecule has 0 aliphatic carbocycles. The first-order chi connectivity index (χ1) is 8.13. The van der Waals surface area contributed by atoms with E-state index in [0.29, 0.717) is 6.54 Å². The second-order valence-corrected chi connectivity index (χ2v) is 3.39. The number of amides is 2. The van der Waals surface area contributed by atoms with Crippen LogP contribution in [0, 0.1) is 0 Å². The monoisotopic (exact) mass is 237 g/mol. The summed E-state index contributed by atoms with van der Waals surface area (Å²) in [5.41, 5.74) is 0.265. The van der Waals surface area contributed by atoms with Crippen LogP contribution < -0.4 is 10.6 Å². The van der Waals surface area contributed by atoms with Crippen molar-refractivity contribution in [1.29, 1.82) is 0 Å². The molecule has 0 aliphatic heterocycles. The van der Waals surface area contributed by atoms with E-state index in [2.05, 4.69) is 15.6 Å². The van der Waals surface area contributed by atoms with E-state index in [4.69, 9.17) is 5.11 Å². The lowest BCUT2D eigenvalue weighted by Gasteiger charge is -2.05. The SMILES string of the molecule is CCNC(=O)CCNC(=O)c1cncc(O)c1. The molecule has 1 aromatic rings. The highest BCUT2D eigenvalue weighted by molar-refractivity contribution is 5.94. The normalized spacial score (nSPS) is 9.71. The summed E-state index contributed by atoms with van der Waals surface area (Å²) in [6.07, 6.45) is 2.82. The van der Waals surface area contributed by atoms with Gasteiger partial charge >= 0.3 is 0 Å². The molecule has 3 N–H and O–H groups in total. The average Bonchev–Trinajstić information content (AvgIpc) is 2.29. The van der Waals surface area contributed by atoms with Crippen molar-refractivity contribution in [3.8, 4) is 5.75 Å². The smallest absolute Gasteiger partial charge is 0.252 e. The summed E-state index contributed by atoms with van der Waals surface area (Å²) in [5, 5.41) is 14.3. The summed E-state index contributed by atoms with van der Waals surface area (Å²) >= 11 is 0. The predicted octanol–water partition coefficient (Wildman–Crippen LogP) is 0.0432. The van der Waals surface area contributed by atoms with Crippen LogP contribution in [-0.4, -0.2) is 35.0 Å². The van der Waals surface area contributed by atoms with Crippen LogP contribution in [0.1, 0.15) is 23.7 Å². The number of pyridine rings is 1. The van der Waals surface area contributed by atoms with Crippen molar-refractivity contribution in [2.75, 3.05) is 13.1 Å². The van der Waals surface area contributed by atoms with E-state index >= 15 is 0 Å². The lowest BCUT2D eigenvalue weighted by molar-refractivity contribution is -0.120. The summed E-state index contributed by atoms with van der Waals surface area (Å²) in [5.74, 6) is -0.541. The maximum Gasteiger partial charge on any atom is 0.252 e. The standard InChI is InChI=1S/C11H15N3O3/c1-2-13-10(16)3-4-14-11(17)8-5-9(15)7-12-6-8/h5-7,15H,2-4H2,1H3,(H,13,16)(H,14,17). The molecule has 0 fully saturated rings. The second-order valence-electron chi connectivity index (χ2n) is 3.39. The zero-order valence-corrected chi connectivity index (χ0v) is 9.56. The molecule has 0 bridgehead atoms. The van der Waals surface area contributed by atoms with Crippen LogP contribution in [0.3, 0.4) is 0 Å². The molecule has 0 saturated carbocycles. The molecule has 92 valence electrons. The first-order valence-electron chi connectivity index (χ1n) is 5.32. The van der Waals surface area contributed by atoms with E-state index in [9.17, 15) is 9.59 Å². The van der Waals surface area contributed by atoms with Gasteiger partial charge in [-0.25, -0.2) is 0 Å². The molecule has 6 nitrogen and oxygen atoms in total. The minimum Gasteiger partial charge on any atom is -0.506 e. The zero-order valence-electron chi connectivity index (χ0n) is 9.56. The first kappa shape index (κ1) is 13.0. The molecule has 1 heterocycles. The van der Waals surface area contributed by atoms with Gasteiger partial charge < -0.3 is 15.7 Å². The third-order valence-electron chi connectivity index (χ3n) is 2.00. The molecule has 1 aromatic heterocycles. The molecule has 6 heteroatoms. The molecule has 0 atom stereocenters. The maximum atomic E-state index is 11.5. The van der Waals surface area contributed by atoms with Crippen LogP contribution in [0.5, 0.6) is 5.75 Å². The largest absolute Gasteiger partial charge is 0.506 e. The van der Waals surface area contributed by atoms with Gasteiger partial charge in [0.25, 0.3) is 5.91 Å². The summed E-state index contributed by atoms with van der Waals surface area (Å²) < 4.78 is 0. The predicted molar refractivity (Wildman–Crippen MR) is 61.5 cm³/mol. The Hall–Kier alpha value is -2.11. The number of carbonyl (C=O) groups is 2. The van der Waals surface area contributed by atoms with E-state index in [1.54, 1.807) is 0 Å². The summed E-state index contributed by atoms with van der Waals surface area (Å²) in [6.45, 7) is 2.65. The van der Waals surface area contributed by atoms with Crippen molar-refractivity contribution in [1.82, 2.24) is 15.6 Å². The van der Waals surface area contributed by atoms with Crippen LogP contribution in [-0.2, 0) is 4.79 Å². The molecule has 0 saturated heterocycles. The highest BCUT2D eigenvalue weighted by atomic mass is 16.3. The number of nitrogens with zero attached hydrogens (tertiary/aromatic N) is 1. The van der Waals surface area contributed by atoms with Crippen LogP contribution in [0.2, 0.25) is 0 Å². The number of nitrogens with one attached hydrogen (secondary N) is 2. The third kappa shape index (κ3) is 4.50. The number of hydrogen-bond acceptors (Lipinski definition) is 4. The summed E-state index contributed by atoms with van der Waals surface area (Å²) in [7, 11) is 0. The van der Waals surface area contributed by atoms with Crippen molar-refractivity contribution in [2.24, 2.45) is 0 Å². The Balaban J connectivity index is 2.38. The average molecular weight is 237 g/mol. The van der Waals surface area contributed by atoms with Gasteiger partial charge in [0.15, 0.2) is 0 Å². The molecule has 1 rings (SSSR count). The summed E-state index contributed by atoms with van der Waals surface area (Å²) in [4.78, 5) is 26.3. The molecule has 2 amide bonds. The zero-order chi connectivity index (χ0) is 12.7. The third-order valence-corrected chi connectivity index (χ3v) is 2.00. The van der Waals surface area contributed by atoms with Gasteiger partial charge in [0.2, 0.25) is 5.91 Å². The minimum absolute atomic E-state index is 0.0682. The fourth-order valence-electron chi connectivity index (χ4n) is 1.23. The molecule has 0 spiro atoms. The Kier molecular flexibility index (Phi) is 4.93. The highest BCUT2D eigenvalue weighted by Crippen LogP contribution is 2.07. The van der Waals surface area contributed by atoms with E-state index in [1.165, 1.54) is 18.5 Å². The lowest BCUT2D eigenvalue weighted by atomic mass is 10.2. The minimum atomic E-state index is -0.363. The Morgan fingerprint density at radius 3 is 2.76 bits per heavy atom. The van der Waals surface area contributed by atoms with E-state index in [1.807, 2.05) is 6.92 Å². The van der Waals surface area contributed by atoms with E-state index in [-0.39, 0.29) is 36.1 Å². The Morgan fingerprint density at radius 2 is 2.12 bits per heavy atom. The van der Waals surface area contributed by atoms with Gasteiger partial charge in [0.05, 0.1) is 11.8 Å². The van der Waals surface area contributed by atoms with E-state index in [0.717, 1.165) is 0 Å². The van der Waals surface area contributed by atoms with Crippen molar-refractivity contribution < 1.29 is 14.7 Å². The van der Waals surface area contributed by atoms with Crippen molar-refractivity contribution in [2.45, 2.75) is 13.3 Å². The Bertz CT molecular complexity index is 407. The van der Waals surface area contributed by atoms with Crippen LogP contribution in [0.4, 0.5) is 0 Å². The van der Waals surface area contributed by atoms with E-state index < -0.39 is 0 Å². The van der Waals surface area contributed by atoms with Gasteiger partial charge in [0.1, 0.15) is 5.75 Å². The van der Waals surface area contributed by atoms with Gasteiger partial charge in [0, 0.05) is 25.7 Å². The highest BCUT2D eigenvalue weighted by Gasteiger charge is 2.07. The van der Waals surface area contributed by atoms with Crippen LogP contribution in [0.15, 0.2) is 18.5 Å². The van der Waals surface area contributed by atoms with Crippen LogP contribution >= 0.6 is 0 Å². The fourth-order valence-corrected chi connectivity index (χ4v) is 1.23. The molecular weight excluding hydrogens is 222 g/mol. The van der Waals surface area contributed by atoms with Crippen molar-refractivity contribution in [3.63, 3.8) is 0 Å². The number of aromatic nitrogens is 1. The van der Waals surface area contributed by atoms with Gasteiger partial charge in [-0.05, 0) is 13.0 Å². The van der Waals surface area contributed by atoms with Gasteiger partial charge in [-0.1, -0.05) is 0 Å². The van der Waals surface area contributed by atoms with Gasteiger partial charge in [-0.15, -0.1) is 0 Å². The number of rotatable bonds is 5. The first-order valence-corrected chi connectivity index (χ1v) is 5.32. The van der Waals surface area contributed by atoms with Crippen molar-refractivity contribution >= 4 is 11.8 Å². The molecule has 0 aromatic carbocycles. The van der Waals surface area contributed by atoms with Gasteiger partial charge in [-0.2, -0.15) is 0 Å². The maximum absolute atomic E-state index is 11.5. The lowest BCUT2D eigenvalue weighted by Crippen LogP contribution is -2.30. The second kappa shape index (κ2) is 6.47. The Morgan fingerprint density at radius 1 is 1.35 bits per heavy atom. The molecule has 0 unspecified atom stereocenters. The fraction of sp³-hybridized carbons (Fsp3) is 0.364. The quantitative estimate of drug-likeness (QED) is 0.674. The molecule has 0 aliphatic rings. The van der Waals surface area contributed by atoms with Gasteiger partial charge in [-0.3, -0.25) is 14.6 Å². The number of hydrogen-bond donors (Lipinski definition) is 3. The van der Waals surface area contributed by atoms with Crippen molar-refractivity contribution in [3.05, 3.63) is 24.0 Å². The Labute approximate surface area is 99.1 Å². The number of aromatic hydroxyl groups is 1. The topological polar surface area (TPSA) is 91.3 Å². The molecule has 0 radical (unpaired) electrons. The number of carbonyl (C=O) groups excluding carboxylic acids is 2. The molecular formula is C11H15N3O3. The molecule has 17 heavy (non-hydrogen) atoms. The van der Waals surface area contributed by atoms with Crippen LogP contribution in [0.25, 0.3) is 0 Å². The summed E-state index contributed by atoms with van der Waals surface area (Å²) in [6, 6.07) is 1.31.